The molecule has 0 saturated carbocycles. The molecule has 0 unspecified atom stereocenters. The predicted molar refractivity (Wildman–Crippen MR) is 127 cm³/mol. The third-order valence-electron chi connectivity index (χ3n) is 5.57. The van der Waals surface area contributed by atoms with Crippen LogP contribution in [0.2, 0.25) is 0 Å². The molecule has 7 heteroatoms. The number of likely N-dealkylation sites (N-methyl/N-ethyl adjacent to an activating group) is 1. The van der Waals surface area contributed by atoms with Crippen LogP contribution in [0.3, 0.4) is 0 Å². The molecule has 0 radical (unpaired) electrons. The molecule has 1 aromatic heterocycles. The van der Waals surface area contributed by atoms with E-state index in [1.54, 1.807) is 18.2 Å². The van der Waals surface area contributed by atoms with Crippen LogP contribution in [-0.2, 0) is 6.42 Å². The topological polar surface area (TPSA) is 105 Å². The second-order valence-corrected chi connectivity index (χ2v) is 7.98. The molecule has 0 fully saturated rings. The van der Waals surface area contributed by atoms with E-state index in [1.165, 1.54) is 6.07 Å². The van der Waals surface area contributed by atoms with Gasteiger partial charge in [-0.1, -0.05) is 48.5 Å². The number of nitro benzene ring substituents is 1. The molecule has 0 spiro atoms. The number of carbonyl (C=O) groups excluding carboxylic acids is 1. The molecule has 162 valence electrons. The zero-order valence-corrected chi connectivity index (χ0v) is 18.0. The Balaban J connectivity index is 1.99. The van der Waals surface area contributed by atoms with Crippen molar-refractivity contribution in [2.24, 2.45) is 5.73 Å². The molecule has 0 saturated heterocycles. The van der Waals surface area contributed by atoms with Crippen molar-refractivity contribution in [1.29, 1.82) is 0 Å². The average molecular weight is 428 g/mol. The number of primary amides is 1. The highest BCUT2D eigenvalue weighted by molar-refractivity contribution is 6.04. The zero-order valence-electron chi connectivity index (χ0n) is 18.0. The van der Waals surface area contributed by atoms with E-state index in [0.29, 0.717) is 29.8 Å². The molecule has 0 aliphatic heterocycles. The summed E-state index contributed by atoms with van der Waals surface area (Å²) < 4.78 is 0. The number of para-hydroxylation sites is 1. The molecular weight excluding hydrogens is 404 g/mol. The van der Waals surface area contributed by atoms with E-state index < -0.39 is 10.8 Å². The SMILES string of the molecule is CN(C)CCc1c(-c2ccc3ccccc3c2)[nH]c(-c2ccccc2[N+](=O)[O-])c1C(N)=O. The molecule has 0 aliphatic rings. The second kappa shape index (κ2) is 8.64. The molecule has 0 aliphatic carbocycles. The Morgan fingerprint density at radius 1 is 1.00 bits per heavy atom. The molecule has 4 rings (SSSR count). The number of nitrogens with zero attached hydrogens (tertiary/aromatic N) is 2. The third-order valence-corrected chi connectivity index (χ3v) is 5.57. The maximum absolute atomic E-state index is 12.6. The van der Waals surface area contributed by atoms with Crippen LogP contribution in [0.4, 0.5) is 5.69 Å². The first-order valence-corrected chi connectivity index (χ1v) is 10.3. The maximum Gasteiger partial charge on any atom is 0.278 e. The predicted octanol–water partition coefficient (Wildman–Crippen LogP) is 4.61. The van der Waals surface area contributed by atoms with Gasteiger partial charge in [0, 0.05) is 18.3 Å². The monoisotopic (exact) mass is 428 g/mol. The number of carbonyl (C=O) groups is 1. The quantitative estimate of drug-likeness (QED) is 0.331. The maximum atomic E-state index is 12.6. The number of fused-ring (bicyclic) bond motifs is 1. The summed E-state index contributed by atoms with van der Waals surface area (Å²) in [6, 6.07) is 20.5. The Morgan fingerprint density at radius 3 is 2.38 bits per heavy atom. The Bertz CT molecular complexity index is 1320. The fourth-order valence-electron chi connectivity index (χ4n) is 4.03. The van der Waals surface area contributed by atoms with Gasteiger partial charge >= 0.3 is 0 Å². The highest BCUT2D eigenvalue weighted by Gasteiger charge is 2.27. The van der Waals surface area contributed by atoms with E-state index in [9.17, 15) is 14.9 Å². The normalized spacial score (nSPS) is 11.2. The van der Waals surface area contributed by atoms with Crippen molar-refractivity contribution in [2.75, 3.05) is 20.6 Å². The lowest BCUT2D eigenvalue weighted by atomic mass is 9.97. The van der Waals surface area contributed by atoms with Crippen molar-refractivity contribution in [3.05, 3.63) is 88.0 Å². The smallest absolute Gasteiger partial charge is 0.278 e. The van der Waals surface area contributed by atoms with E-state index in [1.807, 2.05) is 61.5 Å². The zero-order chi connectivity index (χ0) is 22.8. The Hall–Kier alpha value is -3.97. The minimum Gasteiger partial charge on any atom is -0.366 e. The average Bonchev–Trinajstić information content (AvgIpc) is 3.17. The number of hydrogen-bond donors (Lipinski definition) is 2. The molecule has 0 bridgehead atoms. The standard InChI is InChI=1S/C25H24N4O3/c1-28(2)14-13-20-22(25(26)30)24(19-9-5-6-10-21(19)29(31)32)27-23(20)18-12-11-16-7-3-4-8-17(16)15-18/h3-12,15,27H,13-14H2,1-2H3,(H2,26,30). The van der Waals surface area contributed by atoms with Gasteiger partial charge in [-0.3, -0.25) is 14.9 Å². The molecule has 0 atom stereocenters. The van der Waals surface area contributed by atoms with Gasteiger partial charge < -0.3 is 15.6 Å². The number of amides is 1. The number of hydrogen-bond acceptors (Lipinski definition) is 4. The fraction of sp³-hybridized carbons (Fsp3) is 0.160. The Kier molecular flexibility index (Phi) is 5.75. The summed E-state index contributed by atoms with van der Waals surface area (Å²) in [4.78, 5) is 29.2. The van der Waals surface area contributed by atoms with Crippen LogP contribution in [0.1, 0.15) is 15.9 Å². The van der Waals surface area contributed by atoms with Gasteiger partial charge in [-0.05, 0) is 54.5 Å². The highest BCUT2D eigenvalue weighted by Crippen LogP contribution is 2.38. The van der Waals surface area contributed by atoms with Crippen molar-refractivity contribution in [1.82, 2.24) is 9.88 Å². The van der Waals surface area contributed by atoms with Crippen LogP contribution >= 0.6 is 0 Å². The summed E-state index contributed by atoms with van der Waals surface area (Å²) in [5.74, 6) is -0.616. The fourth-order valence-corrected chi connectivity index (χ4v) is 4.03. The molecule has 3 aromatic carbocycles. The number of H-pyrrole nitrogens is 1. The first kappa shape index (κ1) is 21.3. The molecule has 7 nitrogen and oxygen atoms in total. The van der Waals surface area contributed by atoms with Gasteiger partial charge in [0.05, 0.1) is 21.7 Å². The first-order valence-electron chi connectivity index (χ1n) is 10.3. The number of rotatable bonds is 7. The van der Waals surface area contributed by atoms with Crippen LogP contribution in [-0.4, -0.2) is 41.4 Å². The summed E-state index contributed by atoms with van der Waals surface area (Å²) in [5, 5.41) is 13.8. The highest BCUT2D eigenvalue weighted by atomic mass is 16.6. The number of nitrogens with one attached hydrogen (secondary N) is 1. The van der Waals surface area contributed by atoms with Crippen molar-refractivity contribution in [3.8, 4) is 22.5 Å². The lowest BCUT2D eigenvalue weighted by Crippen LogP contribution is -2.19. The number of aromatic amines is 1. The third kappa shape index (κ3) is 3.98. The van der Waals surface area contributed by atoms with Crippen molar-refractivity contribution >= 4 is 22.4 Å². The Labute approximate surface area is 185 Å². The number of aromatic nitrogens is 1. The lowest BCUT2D eigenvalue weighted by molar-refractivity contribution is -0.384. The van der Waals surface area contributed by atoms with E-state index in [-0.39, 0.29) is 5.69 Å². The summed E-state index contributed by atoms with van der Waals surface area (Å²) in [6.07, 6.45) is 0.560. The van der Waals surface area contributed by atoms with Gasteiger partial charge in [0.25, 0.3) is 11.6 Å². The largest absolute Gasteiger partial charge is 0.366 e. The molecule has 32 heavy (non-hydrogen) atoms. The molecule has 4 aromatic rings. The number of nitrogens with two attached hydrogens (primary N) is 1. The molecule has 1 amide bonds. The first-order chi connectivity index (χ1) is 15.4. The molecule has 1 heterocycles. The summed E-state index contributed by atoms with van der Waals surface area (Å²) in [5.41, 5.74) is 9.15. The van der Waals surface area contributed by atoms with Crippen LogP contribution in [0.5, 0.6) is 0 Å². The van der Waals surface area contributed by atoms with Crippen LogP contribution in [0.25, 0.3) is 33.3 Å². The molecular formula is C25H24N4O3. The van der Waals surface area contributed by atoms with Crippen molar-refractivity contribution in [2.45, 2.75) is 6.42 Å². The van der Waals surface area contributed by atoms with Gasteiger partial charge in [-0.2, -0.15) is 0 Å². The second-order valence-electron chi connectivity index (χ2n) is 7.98. The lowest BCUT2D eigenvalue weighted by Gasteiger charge is -2.12. The van der Waals surface area contributed by atoms with Crippen LogP contribution in [0.15, 0.2) is 66.7 Å². The summed E-state index contributed by atoms with van der Waals surface area (Å²) in [7, 11) is 3.91. The van der Waals surface area contributed by atoms with Crippen molar-refractivity contribution < 1.29 is 9.72 Å². The van der Waals surface area contributed by atoms with E-state index >= 15 is 0 Å². The molecule has 3 N–H and O–H groups in total. The van der Waals surface area contributed by atoms with E-state index in [0.717, 1.165) is 27.6 Å². The minimum absolute atomic E-state index is 0.0829. The summed E-state index contributed by atoms with van der Waals surface area (Å²) >= 11 is 0. The minimum atomic E-state index is -0.616. The van der Waals surface area contributed by atoms with E-state index in [2.05, 4.69) is 4.98 Å². The van der Waals surface area contributed by atoms with Crippen LogP contribution in [0, 0.1) is 10.1 Å². The summed E-state index contributed by atoms with van der Waals surface area (Å²) in [6.45, 7) is 0.690. The number of benzene rings is 3. The van der Waals surface area contributed by atoms with Gasteiger partial charge in [-0.15, -0.1) is 0 Å². The van der Waals surface area contributed by atoms with E-state index in [4.69, 9.17) is 5.73 Å². The van der Waals surface area contributed by atoms with Gasteiger partial charge in [0.15, 0.2) is 0 Å². The van der Waals surface area contributed by atoms with Gasteiger partial charge in [-0.25, -0.2) is 0 Å². The Morgan fingerprint density at radius 2 is 1.69 bits per heavy atom. The van der Waals surface area contributed by atoms with Gasteiger partial charge in [0.1, 0.15) is 0 Å². The van der Waals surface area contributed by atoms with Gasteiger partial charge in [0.2, 0.25) is 0 Å². The number of nitro groups is 1. The van der Waals surface area contributed by atoms with Crippen LogP contribution < -0.4 is 5.73 Å². The van der Waals surface area contributed by atoms with Crippen molar-refractivity contribution in [3.63, 3.8) is 0 Å².